The fraction of sp³-hybridized carbons (Fsp3) is 0.296. The van der Waals surface area contributed by atoms with E-state index in [1.165, 1.54) is 35.5 Å². The van der Waals surface area contributed by atoms with Gasteiger partial charge >= 0.3 is 0 Å². The molecule has 3 heterocycles. The van der Waals surface area contributed by atoms with Gasteiger partial charge in [-0.05, 0) is 62.9 Å². The molecule has 1 fully saturated rings. The number of piperidine rings is 1. The third-order valence-electron chi connectivity index (χ3n) is 6.53. The number of aliphatic hydroxyl groups excluding tert-OH is 1. The number of hydrogen-bond acceptors (Lipinski definition) is 6. The molecule has 0 bridgehead atoms. The lowest BCUT2D eigenvalue weighted by atomic mass is 9.95. The van der Waals surface area contributed by atoms with Gasteiger partial charge in [-0.15, -0.1) is 11.3 Å². The van der Waals surface area contributed by atoms with Gasteiger partial charge in [-0.1, -0.05) is 30.3 Å². The number of ketones is 1. The summed E-state index contributed by atoms with van der Waals surface area (Å²) >= 11 is 1.28. The predicted octanol–water partition coefficient (Wildman–Crippen LogP) is 5.53. The number of amides is 1. The van der Waals surface area contributed by atoms with Crippen molar-refractivity contribution in [3.05, 3.63) is 87.1 Å². The average molecular weight is 474 g/mol. The van der Waals surface area contributed by atoms with E-state index in [0.29, 0.717) is 16.3 Å². The van der Waals surface area contributed by atoms with Crippen molar-refractivity contribution in [2.75, 3.05) is 22.9 Å². The van der Waals surface area contributed by atoms with E-state index in [1.807, 2.05) is 61.5 Å². The third-order valence-corrected chi connectivity index (χ3v) is 7.60. The second-order valence-corrected chi connectivity index (χ2v) is 9.99. The molecular weight excluding hydrogens is 446 g/mol. The zero-order valence-electron chi connectivity index (χ0n) is 19.3. The van der Waals surface area contributed by atoms with E-state index >= 15 is 0 Å². The molecule has 0 spiro atoms. The molecule has 174 valence electrons. The Labute approximate surface area is 203 Å². The van der Waals surface area contributed by atoms with Crippen LogP contribution in [0, 0.1) is 13.8 Å². The molecule has 2 aromatic carbocycles. The molecule has 1 unspecified atom stereocenters. The van der Waals surface area contributed by atoms with Gasteiger partial charge in [0.25, 0.3) is 5.91 Å². The predicted molar refractivity (Wildman–Crippen MR) is 135 cm³/mol. The molecule has 7 heteroatoms. The molecule has 3 aromatic rings. The summed E-state index contributed by atoms with van der Waals surface area (Å²) in [5.74, 6) is -1.42. The molecular formula is C27H27N3O3S. The second-order valence-electron chi connectivity index (χ2n) is 8.79. The van der Waals surface area contributed by atoms with E-state index in [2.05, 4.69) is 9.88 Å². The van der Waals surface area contributed by atoms with Gasteiger partial charge in [0, 0.05) is 24.5 Å². The summed E-state index contributed by atoms with van der Waals surface area (Å²) in [6.07, 6.45) is 3.63. The molecule has 0 radical (unpaired) electrons. The standard InChI is InChI=1S/C27H27N3O3S/c1-17-26(34-18(2)28-17)24(31)22-23(19-9-5-3-6-10-19)30(27(33)25(22)32)21-13-11-20(12-14-21)29-15-7-4-8-16-29/h3,5-6,9-14,23,32H,4,7-8,15-16H2,1-2H3. The molecule has 1 amide bonds. The fourth-order valence-corrected chi connectivity index (χ4v) is 5.77. The molecule has 0 saturated carbocycles. The maximum atomic E-state index is 13.6. The van der Waals surface area contributed by atoms with E-state index in [9.17, 15) is 14.7 Å². The van der Waals surface area contributed by atoms with Crippen molar-refractivity contribution in [1.29, 1.82) is 0 Å². The normalized spacial score (nSPS) is 18.6. The van der Waals surface area contributed by atoms with Crippen LogP contribution in [-0.4, -0.2) is 34.9 Å². The van der Waals surface area contributed by atoms with Gasteiger partial charge in [0.15, 0.2) is 5.76 Å². The van der Waals surface area contributed by atoms with Gasteiger partial charge in [0.05, 0.1) is 27.2 Å². The van der Waals surface area contributed by atoms with Crippen molar-refractivity contribution in [2.24, 2.45) is 0 Å². The zero-order valence-corrected chi connectivity index (χ0v) is 20.1. The van der Waals surface area contributed by atoms with Gasteiger partial charge in [-0.2, -0.15) is 0 Å². The third kappa shape index (κ3) is 3.90. The maximum Gasteiger partial charge on any atom is 0.294 e. The molecule has 1 N–H and O–H groups in total. The highest BCUT2D eigenvalue weighted by Crippen LogP contribution is 2.43. The Kier molecular flexibility index (Phi) is 5.96. The topological polar surface area (TPSA) is 73.7 Å². The average Bonchev–Trinajstić information content (AvgIpc) is 3.35. The molecule has 6 nitrogen and oxygen atoms in total. The quantitative estimate of drug-likeness (QED) is 0.493. The molecule has 1 atom stereocenters. The number of benzene rings is 2. The summed E-state index contributed by atoms with van der Waals surface area (Å²) in [4.78, 5) is 35.7. The minimum atomic E-state index is -0.719. The first-order chi connectivity index (χ1) is 16.5. The van der Waals surface area contributed by atoms with Gasteiger partial charge in [0.1, 0.15) is 0 Å². The van der Waals surface area contributed by atoms with Crippen molar-refractivity contribution < 1.29 is 14.7 Å². The monoisotopic (exact) mass is 473 g/mol. The Morgan fingerprint density at radius 1 is 0.971 bits per heavy atom. The number of Topliss-reactive ketones (excluding diaryl/α,β-unsaturated/α-hetero) is 1. The van der Waals surface area contributed by atoms with E-state index in [0.717, 1.165) is 29.3 Å². The zero-order chi connectivity index (χ0) is 23.8. The summed E-state index contributed by atoms with van der Waals surface area (Å²) in [6.45, 7) is 5.68. The van der Waals surface area contributed by atoms with Gasteiger partial charge in [-0.25, -0.2) is 4.98 Å². The number of anilines is 2. The Bertz CT molecular complexity index is 1260. The van der Waals surface area contributed by atoms with Gasteiger partial charge < -0.3 is 10.0 Å². The maximum absolute atomic E-state index is 13.6. The number of nitrogens with zero attached hydrogens (tertiary/aromatic N) is 3. The molecule has 1 aromatic heterocycles. The van der Waals surface area contributed by atoms with Crippen molar-refractivity contribution in [2.45, 2.75) is 39.2 Å². The Morgan fingerprint density at radius 3 is 2.24 bits per heavy atom. The van der Waals surface area contributed by atoms with Crippen LogP contribution in [0.25, 0.3) is 0 Å². The largest absolute Gasteiger partial charge is 0.503 e. The lowest BCUT2D eigenvalue weighted by molar-refractivity contribution is -0.117. The minimum Gasteiger partial charge on any atom is -0.503 e. The number of thiazole rings is 1. The second kappa shape index (κ2) is 9.06. The Morgan fingerprint density at radius 2 is 1.62 bits per heavy atom. The molecule has 2 aliphatic heterocycles. The van der Waals surface area contributed by atoms with Crippen LogP contribution in [0.3, 0.4) is 0 Å². The highest BCUT2D eigenvalue weighted by Gasteiger charge is 2.45. The number of aryl methyl sites for hydroxylation is 2. The van der Waals surface area contributed by atoms with Crippen LogP contribution in [0.2, 0.25) is 0 Å². The summed E-state index contributed by atoms with van der Waals surface area (Å²) in [5, 5.41) is 11.7. The highest BCUT2D eigenvalue weighted by atomic mass is 32.1. The van der Waals surface area contributed by atoms with E-state index in [1.54, 1.807) is 6.92 Å². The number of hydrogen-bond donors (Lipinski definition) is 1. The van der Waals surface area contributed by atoms with E-state index in [4.69, 9.17) is 0 Å². The molecule has 34 heavy (non-hydrogen) atoms. The smallest absolute Gasteiger partial charge is 0.294 e. The Hall–Kier alpha value is -3.45. The number of rotatable bonds is 5. The molecule has 1 saturated heterocycles. The van der Waals surface area contributed by atoms with Crippen LogP contribution in [0.1, 0.15) is 51.2 Å². The SMILES string of the molecule is Cc1nc(C)c(C(=O)C2=C(O)C(=O)N(c3ccc(N4CCCCC4)cc3)C2c2ccccc2)s1. The first-order valence-corrected chi connectivity index (χ1v) is 12.4. The highest BCUT2D eigenvalue weighted by molar-refractivity contribution is 7.14. The lowest BCUT2D eigenvalue weighted by Gasteiger charge is -2.30. The van der Waals surface area contributed by atoms with Crippen LogP contribution in [0.4, 0.5) is 11.4 Å². The van der Waals surface area contributed by atoms with Crippen molar-refractivity contribution in [3.63, 3.8) is 0 Å². The van der Waals surface area contributed by atoms with Crippen LogP contribution in [0.15, 0.2) is 65.9 Å². The van der Waals surface area contributed by atoms with Crippen molar-refractivity contribution >= 4 is 34.4 Å². The van der Waals surface area contributed by atoms with Crippen LogP contribution in [-0.2, 0) is 4.79 Å². The van der Waals surface area contributed by atoms with E-state index < -0.39 is 17.7 Å². The lowest BCUT2D eigenvalue weighted by Crippen LogP contribution is -2.31. The number of carbonyl (C=O) groups excluding carboxylic acids is 2. The molecule has 5 rings (SSSR count). The first kappa shape index (κ1) is 22.3. The van der Waals surface area contributed by atoms with Crippen molar-refractivity contribution in [3.8, 4) is 0 Å². The van der Waals surface area contributed by atoms with Crippen LogP contribution >= 0.6 is 11.3 Å². The first-order valence-electron chi connectivity index (χ1n) is 11.6. The van der Waals surface area contributed by atoms with Crippen LogP contribution < -0.4 is 9.80 Å². The number of aromatic nitrogens is 1. The minimum absolute atomic E-state index is 0.100. The number of aliphatic hydroxyl groups is 1. The number of carbonyl (C=O) groups is 2. The Balaban J connectivity index is 1.55. The fourth-order valence-electron chi connectivity index (χ4n) is 4.89. The van der Waals surface area contributed by atoms with E-state index in [-0.39, 0.29) is 11.4 Å². The summed E-state index contributed by atoms with van der Waals surface area (Å²) in [7, 11) is 0. The molecule has 2 aliphatic rings. The van der Waals surface area contributed by atoms with Crippen LogP contribution in [0.5, 0.6) is 0 Å². The summed E-state index contributed by atoms with van der Waals surface area (Å²) in [5.41, 5.74) is 3.24. The summed E-state index contributed by atoms with van der Waals surface area (Å²) < 4.78 is 0. The van der Waals surface area contributed by atoms with Gasteiger partial charge in [0.2, 0.25) is 5.78 Å². The van der Waals surface area contributed by atoms with Crippen molar-refractivity contribution in [1.82, 2.24) is 4.98 Å². The summed E-state index contributed by atoms with van der Waals surface area (Å²) in [6, 6.07) is 16.5. The molecule has 0 aliphatic carbocycles. The van der Waals surface area contributed by atoms with Gasteiger partial charge in [-0.3, -0.25) is 14.5 Å².